The normalized spacial score (nSPS) is 21.1. The van der Waals surface area contributed by atoms with Gasteiger partial charge in [0.1, 0.15) is 11.9 Å². The molecule has 1 saturated carbocycles. The Hall–Kier alpha value is -2.74. The monoisotopic (exact) mass is 489 g/mol. The number of hydrogen-bond donors (Lipinski definition) is 2. The smallest absolute Gasteiger partial charge is 0.192 e. The largest absolute Gasteiger partial charge is 0.488 e. The highest BCUT2D eigenvalue weighted by Crippen LogP contribution is 2.42. The number of rotatable bonds is 6. The van der Waals surface area contributed by atoms with Crippen molar-refractivity contribution < 1.29 is 14.3 Å². The van der Waals surface area contributed by atoms with Crippen molar-refractivity contribution >= 4 is 30.3 Å². The molecule has 0 amide bonds. The molecule has 2 N–H and O–H groups in total. The molecule has 1 fully saturated rings. The van der Waals surface area contributed by atoms with Gasteiger partial charge < -0.3 is 19.3 Å². The van der Waals surface area contributed by atoms with Crippen molar-refractivity contribution in [2.75, 3.05) is 6.61 Å². The number of pyridine rings is 1. The Labute approximate surface area is 207 Å². The molecule has 35 heavy (non-hydrogen) atoms. The minimum atomic E-state index is -1.94. The first kappa shape index (κ1) is 24.0. The van der Waals surface area contributed by atoms with Crippen molar-refractivity contribution in [3.05, 3.63) is 54.7 Å². The van der Waals surface area contributed by atoms with Gasteiger partial charge in [-0.25, -0.2) is 9.97 Å². The summed E-state index contributed by atoms with van der Waals surface area (Å²) in [5.74, 6) is 1.57. The van der Waals surface area contributed by atoms with Gasteiger partial charge in [0.2, 0.25) is 0 Å². The zero-order valence-electron chi connectivity index (χ0n) is 21.2. The molecule has 2 aromatic heterocycles. The van der Waals surface area contributed by atoms with Crippen LogP contribution >= 0.6 is 0 Å². The third-order valence-corrected chi connectivity index (χ3v) is 12.3. The molecule has 0 spiro atoms. The van der Waals surface area contributed by atoms with Gasteiger partial charge in [0.15, 0.2) is 25.2 Å². The summed E-state index contributed by atoms with van der Waals surface area (Å²) in [6.07, 6.45) is 3.26. The third-order valence-electron chi connectivity index (χ3n) is 7.76. The number of nitrogens with zero attached hydrogens (tertiary/aromatic N) is 2. The highest BCUT2D eigenvalue weighted by atomic mass is 28.4. The second-order valence-corrected chi connectivity index (χ2v) is 15.9. The summed E-state index contributed by atoms with van der Waals surface area (Å²) in [6.45, 7) is 11.4. The first-order valence-electron chi connectivity index (χ1n) is 12.4. The van der Waals surface area contributed by atoms with Gasteiger partial charge in [0.25, 0.3) is 0 Å². The molecule has 3 atom stereocenters. The molecule has 0 bridgehead atoms. The molecular formula is C28H35N3O3Si. The SMILES string of the molecule is CC(C)(C)[Si](C)(C)O[C@H]1C[C@H](Oc2ccnc3[nH]c(-c4cccc5ccccc45)nc23)C[C@H]1CO. The molecule has 0 radical (unpaired) electrons. The van der Waals surface area contributed by atoms with Gasteiger partial charge in [-0.15, -0.1) is 0 Å². The number of imidazole rings is 1. The summed E-state index contributed by atoms with van der Waals surface area (Å²) in [5.41, 5.74) is 2.47. The van der Waals surface area contributed by atoms with Gasteiger partial charge in [-0.1, -0.05) is 63.2 Å². The number of aliphatic hydroxyl groups is 1. The van der Waals surface area contributed by atoms with E-state index < -0.39 is 8.32 Å². The Balaban J connectivity index is 1.41. The fraction of sp³-hybridized carbons (Fsp3) is 0.429. The van der Waals surface area contributed by atoms with E-state index in [1.807, 2.05) is 24.3 Å². The lowest BCUT2D eigenvalue weighted by Crippen LogP contribution is -2.45. The zero-order chi connectivity index (χ0) is 24.8. The molecule has 1 aliphatic rings. The van der Waals surface area contributed by atoms with Gasteiger partial charge in [-0.05, 0) is 35.3 Å². The Morgan fingerprint density at radius 1 is 1.06 bits per heavy atom. The van der Waals surface area contributed by atoms with E-state index in [1.54, 1.807) is 6.20 Å². The van der Waals surface area contributed by atoms with E-state index in [4.69, 9.17) is 14.1 Å². The van der Waals surface area contributed by atoms with Crippen LogP contribution in [0.15, 0.2) is 54.7 Å². The molecule has 184 valence electrons. The molecule has 0 saturated heterocycles. The molecule has 1 aliphatic carbocycles. The Morgan fingerprint density at radius 3 is 2.60 bits per heavy atom. The minimum absolute atomic E-state index is 0.00801. The molecule has 0 unspecified atom stereocenters. The van der Waals surface area contributed by atoms with Gasteiger partial charge in [0, 0.05) is 36.8 Å². The average Bonchev–Trinajstić information content (AvgIpc) is 3.42. The molecule has 2 aromatic carbocycles. The number of ether oxygens (including phenoxy) is 1. The van der Waals surface area contributed by atoms with Crippen LogP contribution in [0.25, 0.3) is 33.3 Å². The van der Waals surface area contributed by atoms with E-state index in [9.17, 15) is 5.11 Å². The molecule has 0 aliphatic heterocycles. The van der Waals surface area contributed by atoms with E-state index in [2.05, 4.69) is 68.1 Å². The number of hydrogen-bond acceptors (Lipinski definition) is 5. The van der Waals surface area contributed by atoms with Crippen molar-refractivity contribution in [2.24, 2.45) is 5.92 Å². The van der Waals surface area contributed by atoms with Crippen LogP contribution in [0, 0.1) is 5.92 Å². The number of fused-ring (bicyclic) bond motifs is 2. The predicted octanol–water partition coefficient (Wildman–Crippen LogP) is 6.32. The molecule has 7 heteroatoms. The molecular weight excluding hydrogens is 454 g/mol. The van der Waals surface area contributed by atoms with E-state index in [1.165, 1.54) is 5.39 Å². The van der Waals surface area contributed by atoms with Gasteiger partial charge in [0.05, 0.1) is 6.10 Å². The average molecular weight is 490 g/mol. The second kappa shape index (κ2) is 9.04. The summed E-state index contributed by atoms with van der Waals surface area (Å²) in [7, 11) is -1.94. The number of nitrogens with one attached hydrogen (secondary N) is 1. The van der Waals surface area contributed by atoms with Gasteiger partial charge in [-0.3, -0.25) is 0 Å². The summed E-state index contributed by atoms with van der Waals surface area (Å²) in [4.78, 5) is 12.8. The highest BCUT2D eigenvalue weighted by Gasteiger charge is 2.44. The second-order valence-electron chi connectivity index (χ2n) is 11.2. The maximum Gasteiger partial charge on any atom is 0.192 e. The van der Waals surface area contributed by atoms with Crippen LogP contribution < -0.4 is 4.74 Å². The minimum Gasteiger partial charge on any atom is -0.488 e. The third kappa shape index (κ3) is 4.60. The molecule has 5 rings (SSSR count). The van der Waals surface area contributed by atoms with Crippen molar-refractivity contribution in [3.8, 4) is 17.1 Å². The van der Waals surface area contributed by atoms with Crippen LogP contribution in [0.5, 0.6) is 5.75 Å². The van der Waals surface area contributed by atoms with Crippen LogP contribution in [0.3, 0.4) is 0 Å². The summed E-state index contributed by atoms with van der Waals surface area (Å²) in [6, 6.07) is 16.4. The van der Waals surface area contributed by atoms with Gasteiger partial charge in [-0.2, -0.15) is 0 Å². The van der Waals surface area contributed by atoms with Crippen molar-refractivity contribution in [1.82, 2.24) is 15.0 Å². The van der Waals surface area contributed by atoms with Crippen molar-refractivity contribution in [1.29, 1.82) is 0 Å². The van der Waals surface area contributed by atoms with E-state index >= 15 is 0 Å². The van der Waals surface area contributed by atoms with E-state index in [0.29, 0.717) is 11.4 Å². The lowest BCUT2D eigenvalue weighted by molar-refractivity contribution is 0.0972. The van der Waals surface area contributed by atoms with Crippen LogP contribution in [0.2, 0.25) is 18.1 Å². The number of H-pyrrole nitrogens is 1. The number of aliphatic hydroxyl groups excluding tert-OH is 1. The Kier molecular flexibility index (Phi) is 6.19. The number of aromatic nitrogens is 3. The standard InChI is InChI=1S/C28H35N3O3Si/c1-28(2,3)35(4,5)34-24-16-20(15-19(24)17-32)33-23-13-14-29-27-25(23)30-26(31-27)22-12-8-10-18-9-6-7-11-21(18)22/h6-14,19-20,24,32H,15-17H2,1-5H3,(H,29,30,31)/t19-,20+,24-/m0/s1. The Bertz CT molecular complexity index is 1340. The fourth-order valence-electron chi connectivity index (χ4n) is 4.75. The summed E-state index contributed by atoms with van der Waals surface area (Å²) >= 11 is 0. The van der Waals surface area contributed by atoms with E-state index in [0.717, 1.165) is 35.1 Å². The van der Waals surface area contributed by atoms with Crippen molar-refractivity contribution in [3.63, 3.8) is 0 Å². The first-order chi connectivity index (χ1) is 16.7. The topological polar surface area (TPSA) is 80.3 Å². The fourth-order valence-corrected chi connectivity index (χ4v) is 6.15. The first-order valence-corrected chi connectivity index (χ1v) is 15.4. The lowest BCUT2D eigenvalue weighted by Gasteiger charge is -2.39. The van der Waals surface area contributed by atoms with Crippen molar-refractivity contribution in [2.45, 2.75) is 64.0 Å². The zero-order valence-corrected chi connectivity index (χ0v) is 22.2. The maximum absolute atomic E-state index is 10.1. The summed E-state index contributed by atoms with van der Waals surface area (Å²) < 4.78 is 13.2. The number of benzene rings is 2. The van der Waals surface area contributed by atoms with Crippen LogP contribution in [-0.4, -0.2) is 47.2 Å². The van der Waals surface area contributed by atoms with Gasteiger partial charge >= 0.3 is 0 Å². The Morgan fingerprint density at radius 2 is 1.83 bits per heavy atom. The molecule has 6 nitrogen and oxygen atoms in total. The molecule has 4 aromatic rings. The predicted molar refractivity (Wildman–Crippen MR) is 143 cm³/mol. The van der Waals surface area contributed by atoms with E-state index in [-0.39, 0.29) is 29.8 Å². The lowest BCUT2D eigenvalue weighted by atomic mass is 10.0. The number of aromatic amines is 1. The quantitative estimate of drug-likeness (QED) is 0.310. The molecule has 2 heterocycles. The van der Waals surface area contributed by atoms with Crippen LogP contribution in [0.4, 0.5) is 0 Å². The van der Waals surface area contributed by atoms with Crippen LogP contribution in [-0.2, 0) is 4.43 Å². The van der Waals surface area contributed by atoms with Crippen LogP contribution in [0.1, 0.15) is 33.6 Å². The maximum atomic E-state index is 10.1. The summed E-state index contributed by atoms with van der Waals surface area (Å²) in [5, 5.41) is 12.5. The highest BCUT2D eigenvalue weighted by molar-refractivity contribution is 6.74.